The van der Waals surface area contributed by atoms with Gasteiger partial charge in [-0.3, -0.25) is 0 Å². The minimum absolute atomic E-state index is 0.0251. The Hall–Kier alpha value is -1.30. The lowest BCUT2D eigenvalue weighted by Crippen LogP contribution is -2.16. The van der Waals surface area contributed by atoms with Crippen molar-refractivity contribution < 1.29 is 9.47 Å². The van der Waals surface area contributed by atoms with Crippen molar-refractivity contribution in [2.75, 3.05) is 50.2 Å². The first-order chi connectivity index (χ1) is 12.5. The Morgan fingerprint density at radius 2 is 0.885 bits per heavy atom. The minimum atomic E-state index is 0.0251. The van der Waals surface area contributed by atoms with Gasteiger partial charge in [0.2, 0.25) is 33.0 Å². The number of aromatic nitrogens is 6. The highest BCUT2D eigenvalue weighted by Gasteiger charge is 2.03. The number of rotatable bonds is 11. The van der Waals surface area contributed by atoms with Crippen molar-refractivity contribution in [2.45, 2.75) is 0 Å². The maximum absolute atomic E-state index is 5.66. The van der Waals surface area contributed by atoms with Gasteiger partial charge in [0.15, 0.2) is 0 Å². The van der Waals surface area contributed by atoms with Crippen LogP contribution in [0.5, 0.6) is 0 Å². The summed E-state index contributed by atoms with van der Waals surface area (Å²) in [6, 6.07) is 0. The number of nitrogens with zero attached hydrogens (tertiary/aromatic N) is 6. The van der Waals surface area contributed by atoms with Crippen molar-refractivity contribution in [1.29, 1.82) is 0 Å². The third-order valence-electron chi connectivity index (χ3n) is 2.59. The zero-order valence-electron chi connectivity index (χ0n) is 13.3. The van der Waals surface area contributed by atoms with E-state index in [1.807, 2.05) is 0 Å². The van der Waals surface area contributed by atoms with Crippen LogP contribution in [-0.2, 0) is 9.47 Å². The molecule has 0 saturated carbocycles. The molecule has 2 rings (SSSR count). The van der Waals surface area contributed by atoms with E-state index in [4.69, 9.17) is 55.9 Å². The summed E-state index contributed by atoms with van der Waals surface area (Å²) in [6.45, 7) is 2.71. The van der Waals surface area contributed by atoms with Gasteiger partial charge in [0.05, 0.1) is 26.4 Å². The highest BCUT2D eigenvalue weighted by molar-refractivity contribution is 6.31. The summed E-state index contributed by atoms with van der Waals surface area (Å²) in [5.41, 5.74) is 0. The van der Waals surface area contributed by atoms with Gasteiger partial charge in [-0.15, -0.1) is 0 Å². The lowest BCUT2D eigenvalue weighted by molar-refractivity contribution is 0.0556. The van der Waals surface area contributed by atoms with E-state index < -0.39 is 0 Å². The molecule has 10 nitrogen and oxygen atoms in total. The van der Waals surface area contributed by atoms with E-state index in [1.54, 1.807) is 0 Å². The summed E-state index contributed by atoms with van der Waals surface area (Å²) in [7, 11) is 0. The van der Waals surface area contributed by atoms with Crippen LogP contribution in [0, 0.1) is 0 Å². The van der Waals surface area contributed by atoms with Crippen molar-refractivity contribution in [3.05, 3.63) is 21.1 Å². The molecule has 0 aromatic carbocycles. The first-order valence-corrected chi connectivity index (χ1v) is 8.81. The van der Waals surface area contributed by atoms with E-state index in [0.717, 1.165) is 0 Å². The largest absolute Gasteiger partial charge is 0.377 e. The molecule has 2 heterocycles. The van der Waals surface area contributed by atoms with Gasteiger partial charge < -0.3 is 20.1 Å². The molecule has 0 fully saturated rings. The Balaban J connectivity index is 1.47. The van der Waals surface area contributed by atoms with E-state index in [2.05, 4.69) is 40.5 Å². The SMILES string of the molecule is Clc1nc(Cl)nc(NCCOCCOCCNc2nc(Cl)nc(Cl)n2)n1. The van der Waals surface area contributed by atoms with Crippen LogP contribution in [-0.4, -0.2) is 69.4 Å². The Labute approximate surface area is 169 Å². The van der Waals surface area contributed by atoms with Crippen molar-refractivity contribution in [2.24, 2.45) is 0 Å². The highest BCUT2D eigenvalue weighted by atomic mass is 35.5. The Bertz CT molecular complexity index is 611. The quantitative estimate of drug-likeness (QED) is 0.500. The molecule has 2 aromatic rings. The molecule has 0 bridgehead atoms. The molecule has 0 unspecified atom stereocenters. The number of ether oxygens (including phenoxy) is 2. The topological polar surface area (TPSA) is 120 Å². The van der Waals surface area contributed by atoms with Crippen LogP contribution in [0.4, 0.5) is 11.9 Å². The van der Waals surface area contributed by atoms with Crippen molar-refractivity contribution in [3.63, 3.8) is 0 Å². The van der Waals surface area contributed by atoms with Crippen molar-refractivity contribution >= 4 is 58.3 Å². The summed E-state index contributed by atoms with van der Waals surface area (Å²) < 4.78 is 10.8. The molecule has 2 aromatic heterocycles. The van der Waals surface area contributed by atoms with Gasteiger partial charge in [-0.05, 0) is 46.4 Å². The van der Waals surface area contributed by atoms with Crippen LogP contribution >= 0.6 is 46.4 Å². The molecule has 142 valence electrons. The zero-order valence-corrected chi connectivity index (χ0v) is 16.3. The Morgan fingerprint density at radius 1 is 0.538 bits per heavy atom. The average molecular weight is 444 g/mol. The first kappa shape index (κ1) is 21.0. The predicted octanol–water partition coefficient (Wildman–Crippen LogP) is 2.23. The molecule has 0 aliphatic rings. The molecule has 2 N–H and O–H groups in total. The fourth-order valence-electron chi connectivity index (χ4n) is 1.60. The molecule has 0 aliphatic heterocycles. The normalized spacial score (nSPS) is 10.8. The zero-order chi connectivity index (χ0) is 18.8. The van der Waals surface area contributed by atoms with Crippen LogP contribution in [0.3, 0.4) is 0 Å². The third kappa shape index (κ3) is 8.39. The van der Waals surface area contributed by atoms with Crippen molar-refractivity contribution in [1.82, 2.24) is 29.9 Å². The molecule has 0 spiro atoms. The number of hydrogen-bond acceptors (Lipinski definition) is 10. The van der Waals surface area contributed by atoms with Crippen LogP contribution < -0.4 is 10.6 Å². The van der Waals surface area contributed by atoms with E-state index in [-0.39, 0.29) is 21.1 Å². The smallest absolute Gasteiger partial charge is 0.228 e. The fraction of sp³-hybridized carbons (Fsp3) is 0.500. The van der Waals surface area contributed by atoms with Crippen LogP contribution in [0.1, 0.15) is 0 Å². The molecule has 0 radical (unpaired) electrons. The summed E-state index contributed by atoms with van der Waals surface area (Å²) in [6.07, 6.45) is 0. The second-order valence-corrected chi connectivity index (χ2v) is 5.82. The van der Waals surface area contributed by atoms with E-state index in [1.165, 1.54) is 0 Å². The molecule has 0 atom stereocenters. The van der Waals surface area contributed by atoms with Gasteiger partial charge in [-0.2, -0.15) is 29.9 Å². The molecular weight excluding hydrogens is 430 g/mol. The van der Waals surface area contributed by atoms with Crippen LogP contribution in [0.15, 0.2) is 0 Å². The minimum Gasteiger partial charge on any atom is -0.377 e. The number of hydrogen-bond donors (Lipinski definition) is 2. The number of nitrogens with one attached hydrogen (secondary N) is 2. The molecule has 26 heavy (non-hydrogen) atoms. The molecule has 0 aliphatic carbocycles. The van der Waals surface area contributed by atoms with Gasteiger partial charge in [-0.25, -0.2) is 0 Å². The Morgan fingerprint density at radius 3 is 1.23 bits per heavy atom. The maximum atomic E-state index is 5.66. The first-order valence-electron chi connectivity index (χ1n) is 7.30. The summed E-state index contributed by atoms with van der Waals surface area (Å²) in [5, 5.41) is 5.94. The molecule has 14 heteroatoms. The lowest BCUT2D eigenvalue weighted by Gasteiger charge is -2.08. The summed E-state index contributed by atoms with van der Waals surface area (Å²) >= 11 is 22.7. The summed E-state index contributed by atoms with van der Waals surface area (Å²) in [5.74, 6) is 0.582. The lowest BCUT2D eigenvalue weighted by atomic mass is 10.6. The van der Waals surface area contributed by atoms with Gasteiger partial charge in [0, 0.05) is 13.1 Å². The second kappa shape index (κ2) is 11.4. The fourth-order valence-corrected chi connectivity index (χ4v) is 2.33. The van der Waals surface area contributed by atoms with Gasteiger partial charge in [-0.1, -0.05) is 0 Å². The molecule has 0 amide bonds. The van der Waals surface area contributed by atoms with Crippen molar-refractivity contribution in [3.8, 4) is 0 Å². The highest BCUT2D eigenvalue weighted by Crippen LogP contribution is 2.09. The summed E-state index contributed by atoms with van der Waals surface area (Å²) in [4.78, 5) is 22.8. The Kier molecular flexibility index (Phi) is 9.23. The van der Waals surface area contributed by atoms with Gasteiger partial charge in [0.25, 0.3) is 0 Å². The number of anilines is 2. The average Bonchev–Trinajstić information content (AvgIpc) is 2.55. The van der Waals surface area contributed by atoms with Gasteiger partial charge in [0.1, 0.15) is 0 Å². The van der Waals surface area contributed by atoms with E-state index in [9.17, 15) is 0 Å². The molecular formula is C12H14Cl4N8O2. The van der Waals surface area contributed by atoms with E-state index in [0.29, 0.717) is 51.4 Å². The maximum Gasteiger partial charge on any atom is 0.228 e. The van der Waals surface area contributed by atoms with E-state index >= 15 is 0 Å². The van der Waals surface area contributed by atoms with Crippen LogP contribution in [0.25, 0.3) is 0 Å². The molecule has 0 saturated heterocycles. The standard InChI is InChI=1S/C12H14Cl4N8O2/c13-7-19-8(14)22-11(21-7)17-1-3-25-5-6-26-4-2-18-12-23-9(15)20-10(16)24-12/h1-6H2,(H,17,19,21,22)(H,18,20,23,24). The second-order valence-electron chi connectivity index (χ2n) is 4.47. The predicted molar refractivity (Wildman–Crippen MR) is 98.3 cm³/mol. The van der Waals surface area contributed by atoms with Gasteiger partial charge >= 0.3 is 0 Å². The monoisotopic (exact) mass is 442 g/mol. The third-order valence-corrected chi connectivity index (χ3v) is 3.27. The number of halogens is 4. The van der Waals surface area contributed by atoms with Crippen LogP contribution in [0.2, 0.25) is 21.1 Å².